The molecule has 0 aromatic heterocycles. The second kappa shape index (κ2) is 6.35. The van der Waals surface area contributed by atoms with Crippen molar-refractivity contribution in [1.29, 1.82) is 0 Å². The van der Waals surface area contributed by atoms with Gasteiger partial charge in [0.15, 0.2) is 0 Å². The summed E-state index contributed by atoms with van der Waals surface area (Å²) in [6.07, 6.45) is 5.33. The summed E-state index contributed by atoms with van der Waals surface area (Å²) in [5.41, 5.74) is 3.45. The van der Waals surface area contributed by atoms with Crippen molar-refractivity contribution >= 4 is 0 Å². The van der Waals surface area contributed by atoms with E-state index in [1.807, 2.05) is 0 Å². The lowest BCUT2D eigenvalue weighted by Crippen LogP contribution is -2.42. The molecule has 0 aliphatic heterocycles. The molecular weight excluding hydrogens is 222 g/mol. The summed E-state index contributed by atoms with van der Waals surface area (Å²) in [6, 6.07) is 8.79. The predicted molar refractivity (Wildman–Crippen MR) is 75.9 cm³/mol. The van der Waals surface area contributed by atoms with E-state index in [2.05, 4.69) is 36.5 Å². The number of aryl methyl sites for hydroxylation is 1. The fourth-order valence-corrected chi connectivity index (χ4v) is 2.83. The Hall–Kier alpha value is -0.860. The number of nitrogens with one attached hydrogen (secondary N) is 1. The van der Waals surface area contributed by atoms with Gasteiger partial charge in [-0.25, -0.2) is 0 Å². The van der Waals surface area contributed by atoms with Gasteiger partial charge in [-0.05, 0) is 42.7 Å². The predicted octanol–water partition coefficient (Wildman–Crippen LogP) is 2.94. The normalized spacial score (nSPS) is 17.4. The molecule has 1 aromatic carbocycles. The van der Waals surface area contributed by atoms with Crippen LogP contribution in [0.15, 0.2) is 24.3 Å². The summed E-state index contributed by atoms with van der Waals surface area (Å²) in [5.74, 6) is 0. The monoisotopic (exact) mass is 247 g/mol. The highest BCUT2D eigenvalue weighted by atomic mass is 16.5. The quantitative estimate of drug-likeness (QED) is 0.748. The summed E-state index contributed by atoms with van der Waals surface area (Å²) < 4.78 is 5.08. The van der Waals surface area contributed by atoms with Crippen LogP contribution in [0.3, 0.4) is 0 Å². The minimum Gasteiger partial charge on any atom is -0.383 e. The molecule has 0 atom stereocenters. The molecule has 100 valence electrons. The van der Waals surface area contributed by atoms with E-state index in [0.717, 1.165) is 19.7 Å². The standard InChI is InChI=1S/C16H25NO/c1-14-6-3-4-7-15(14)12-16(8-5-9-16)13-17-10-11-18-2/h3-4,6-7,17H,5,8-13H2,1-2H3. The van der Waals surface area contributed by atoms with Gasteiger partial charge >= 0.3 is 0 Å². The van der Waals surface area contributed by atoms with Gasteiger partial charge < -0.3 is 10.1 Å². The van der Waals surface area contributed by atoms with Gasteiger partial charge in [0.2, 0.25) is 0 Å². The number of benzene rings is 1. The van der Waals surface area contributed by atoms with E-state index in [0.29, 0.717) is 5.41 Å². The van der Waals surface area contributed by atoms with Crippen molar-refractivity contribution in [1.82, 2.24) is 5.32 Å². The van der Waals surface area contributed by atoms with E-state index >= 15 is 0 Å². The molecule has 2 nitrogen and oxygen atoms in total. The van der Waals surface area contributed by atoms with Crippen LogP contribution in [-0.4, -0.2) is 26.8 Å². The van der Waals surface area contributed by atoms with Crippen LogP contribution < -0.4 is 5.32 Å². The molecule has 1 saturated carbocycles. The summed E-state index contributed by atoms with van der Waals surface area (Å²) in [6.45, 7) is 5.12. The van der Waals surface area contributed by atoms with Crippen LogP contribution in [0.2, 0.25) is 0 Å². The third-order valence-electron chi connectivity index (χ3n) is 4.22. The zero-order valence-corrected chi connectivity index (χ0v) is 11.7. The molecule has 0 saturated heterocycles. The van der Waals surface area contributed by atoms with E-state index in [1.54, 1.807) is 7.11 Å². The molecule has 1 aliphatic carbocycles. The van der Waals surface area contributed by atoms with Crippen molar-refractivity contribution in [2.24, 2.45) is 5.41 Å². The molecule has 2 rings (SSSR count). The first-order chi connectivity index (χ1) is 8.76. The maximum atomic E-state index is 5.08. The van der Waals surface area contributed by atoms with Gasteiger partial charge in [-0.15, -0.1) is 0 Å². The maximum Gasteiger partial charge on any atom is 0.0587 e. The van der Waals surface area contributed by atoms with Crippen molar-refractivity contribution in [3.8, 4) is 0 Å². The fraction of sp³-hybridized carbons (Fsp3) is 0.625. The van der Waals surface area contributed by atoms with E-state index in [1.165, 1.54) is 36.8 Å². The number of ether oxygens (including phenoxy) is 1. The molecule has 18 heavy (non-hydrogen) atoms. The van der Waals surface area contributed by atoms with Crippen LogP contribution >= 0.6 is 0 Å². The zero-order chi connectivity index (χ0) is 12.8. The fourth-order valence-electron chi connectivity index (χ4n) is 2.83. The topological polar surface area (TPSA) is 21.3 Å². The lowest BCUT2D eigenvalue weighted by Gasteiger charge is -2.43. The average molecular weight is 247 g/mol. The molecule has 1 aliphatic rings. The largest absolute Gasteiger partial charge is 0.383 e. The minimum atomic E-state index is 0.500. The minimum absolute atomic E-state index is 0.500. The van der Waals surface area contributed by atoms with Crippen LogP contribution in [-0.2, 0) is 11.2 Å². The van der Waals surface area contributed by atoms with Gasteiger partial charge in [0, 0.05) is 20.2 Å². The Balaban J connectivity index is 1.90. The molecule has 2 heteroatoms. The summed E-state index contributed by atoms with van der Waals surface area (Å²) >= 11 is 0. The van der Waals surface area contributed by atoms with Crippen LogP contribution in [0.1, 0.15) is 30.4 Å². The molecule has 0 spiro atoms. The van der Waals surface area contributed by atoms with Crippen molar-refractivity contribution < 1.29 is 4.74 Å². The second-order valence-electron chi connectivity index (χ2n) is 5.63. The Bertz CT molecular complexity index is 371. The van der Waals surface area contributed by atoms with Crippen LogP contribution in [0, 0.1) is 12.3 Å². The van der Waals surface area contributed by atoms with Crippen molar-refractivity contribution in [2.75, 3.05) is 26.8 Å². The Morgan fingerprint density at radius 3 is 2.67 bits per heavy atom. The van der Waals surface area contributed by atoms with Gasteiger partial charge in [-0.2, -0.15) is 0 Å². The van der Waals surface area contributed by atoms with Gasteiger partial charge in [-0.3, -0.25) is 0 Å². The summed E-state index contributed by atoms with van der Waals surface area (Å²) in [4.78, 5) is 0. The van der Waals surface area contributed by atoms with Crippen LogP contribution in [0.5, 0.6) is 0 Å². The molecule has 0 radical (unpaired) electrons. The third-order valence-corrected chi connectivity index (χ3v) is 4.22. The zero-order valence-electron chi connectivity index (χ0n) is 11.7. The summed E-state index contributed by atoms with van der Waals surface area (Å²) in [5, 5.41) is 3.54. The Labute approximate surface area is 111 Å². The molecule has 1 aromatic rings. The first kappa shape index (κ1) is 13.6. The van der Waals surface area contributed by atoms with E-state index in [9.17, 15) is 0 Å². The first-order valence-electron chi connectivity index (χ1n) is 7.00. The van der Waals surface area contributed by atoms with Gasteiger partial charge in [0.25, 0.3) is 0 Å². The van der Waals surface area contributed by atoms with Crippen molar-refractivity contribution in [3.63, 3.8) is 0 Å². The van der Waals surface area contributed by atoms with E-state index in [-0.39, 0.29) is 0 Å². The summed E-state index contributed by atoms with van der Waals surface area (Å²) in [7, 11) is 1.76. The van der Waals surface area contributed by atoms with Crippen molar-refractivity contribution in [2.45, 2.75) is 32.6 Å². The second-order valence-corrected chi connectivity index (χ2v) is 5.63. The van der Waals surface area contributed by atoms with Crippen molar-refractivity contribution in [3.05, 3.63) is 35.4 Å². The van der Waals surface area contributed by atoms with Gasteiger partial charge in [0.1, 0.15) is 0 Å². The van der Waals surface area contributed by atoms with Gasteiger partial charge in [0.05, 0.1) is 6.61 Å². The highest BCUT2D eigenvalue weighted by molar-refractivity contribution is 5.27. The lowest BCUT2D eigenvalue weighted by atomic mass is 9.65. The van der Waals surface area contributed by atoms with E-state index in [4.69, 9.17) is 4.74 Å². The smallest absolute Gasteiger partial charge is 0.0587 e. The molecule has 1 N–H and O–H groups in total. The molecule has 0 unspecified atom stereocenters. The lowest BCUT2D eigenvalue weighted by molar-refractivity contribution is 0.123. The highest BCUT2D eigenvalue weighted by Gasteiger charge is 2.36. The number of rotatable bonds is 7. The Morgan fingerprint density at radius 2 is 2.06 bits per heavy atom. The Morgan fingerprint density at radius 1 is 1.28 bits per heavy atom. The molecule has 0 amide bonds. The number of hydrogen-bond acceptors (Lipinski definition) is 2. The molecule has 0 bridgehead atoms. The number of methoxy groups -OCH3 is 1. The average Bonchev–Trinajstić information content (AvgIpc) is 2.33. The van der Waals surface area contributed by atoms with Gasteiger partial charge in [-0.1, -0.05) is 30.7 Å². The molecular formula is C16H25NO. The SMILES string of the molecule is COCCNCC1(Cc2ccccc2C)CCC1. The third kappa shape index (κ3) is 3.33. The number of hydrogen-bond donors (Lipinski definition) is 1. The van der Waals surface area contributed by atoms with E-state index < -0.39 is 0 Å². The highest BCUT2D eigenvalue weighted by Crippen LogP contribution is 2.43. The Kier molecular flexibility index (Phi) is 4.79. The molecule has 1 fully saturated rings. The van der Waals surface area contributed by atoms with Crippen LogP contribution in [0.25, 0.3) is 0 Å². The first-order valence-corrected chi connectivity index (χ1v) is 7.00. The maximum absolute atomic E-state index is 5.08. The molecule has 0 heterocycles. The van der Waals surface area contributed by atoms with Crippen LogP contribution in [0.4, 0.5) is 0 Å².